The summed E-state index contributed by atoms with van der Waals surface area (Å²) >= 11 is 7.65. The van der Waals surface area contributed by atoms with Crippen molar-refractivity contribution in [3.8, 4) is 0 Å². The van der Waals surface area contributed by atoms with E-state index in [0.717, 1.165) is 15.5 Å². The Bertz CT molecular complexity index is 476. The van der Waals surface area contributed by atoms with E-state index in [1.807, 2.05) is 24.3 Å². The van der Waals surface area contributed by atoms with E-state index >= 15 is 0 Å². The van der Waals surface area contributed by atoms with Crippen LogP contribution in [-0.4, -0.2) is 9.97 Å². The van der Waals surface area contributed by atoms with Gasteiger partial charge in [0.15, 0.2) is 0 Å². The Kier molecular flexibility index (Phi) is 3.77. The van der Waals surface area contributed by atoms with Crippen LogP contribution in [0.25, 0.3) is 0 Å². The fraction of sp³-hybridized carbons (Fsp3) is 0.0909. The van der Waals surface area contributed by atoms with Crippen molar-refractivity contribution in [1.82, 2.24) is 9.97 Å². The number of halogens is 1. The molecular formula is C11H10ClN3S. The summed E-state index contributed by atoms with van der Waals surface area (Å²) in [5, 5.41) is 1.57. The molecule has 0 bridgehead atoms. The Morgan fingerprint density at radius 3 is 2.81 bits per heavy atom. The van der Waals surface area contributed by atoms with Crippen molar-refractivity contribution in [1.29, 1.82) is 0 Å². The van der Waals surface area contributed by atoms with Crippen LogP contribution in [0.2, 0.25) is 5.02 Å². The third-order valence-corrected chi connectivity index (χ3v) is 3.45. The van der Waals surface area contributed by atoms with Crippen molar-refractivity contribution < 1.29 is 0 Å². The zero-order valence-corrected chi connectivity index (χ0v) is 10.0. The molecule has 1 aromatic heterocycles. The Morgan fingerprint density at radius 2 is 2.19 bits per heavy atom. The van der Waals surface area contributed by atoms with Crippen LogP contribution in [-0.2, 0) is 6.54 Å². The van der Waals surface area contributed by atoms with E-state index in [0.29, 0.717) is 11.6 Å². The van der Waals surface area contributed by atoms with E-state index in [1.165, 1.54) is 18.1 Å². The van der Waals surface area contributed by atoms with Gasteiger partial charge in [0, 0.05) is 17.6 Å². The van der Waals surface area contributed by atoms with Gasteiger partial charge < -0.3 is 5.73 Å². The summed E-state index contributed by atoms with van der Waals surface area (Å²) in [6.07, 6.45) is 3.22. The van der Waals surface area contributed by atoms with Gasteiger partial charge >= 0.3 is 0 Å². The molecule has 2 aromatic rings. The molecule has 0 aliphatic rings. The van der Waals surface area contributed by atoms with Crippen molar-refractivity contribution in [2.75, 3.05) is 0 Å². The minimum absolute atomic E-state index is 0.498. The second kappa shape index (κ2) is 5.30. The number of aromatic nitrogens is 2. The molecule has 0 spiro atoms. The molecule has 3 nitrogen and oxygen atoms in total. The average Bonchev–Trinajstić information content (AvgIpc) is 2.33. The third kappa shape index (κ3) is 2.72. The number of benzene rings is 1. The monoisotopic (exact) mass is 251 g/mol. The smallest absolute Gasteiger partial charge is 0.116 e. The zero-order valence-electron chi connectivity index (χ0n) is 8.43. The molecule has 0 unspecified atom stereocenters. The second-order valence-electron chi connectivity index (χ2n) is 3.12. The van der Waals surface area contributed by atoms with E-state index in [4.69, 9.17) is 17.3 Å². The van der Waals surface area contributed by atoms with Gasteiger partial charge in [0.25, 0.3) is 0 Å². The molecule has 0 amide bonds. The summed E-state index contributed by atoms with van der Waals surface area (Å²) in [5.41, 5.74) is 6.56. The summed E-state index contributed by atoms with van der Waals surface area (Å²) in [6.45, 7) is 0.498. The van der Waals surface area contributed by atoms with E-state index in [2.05, 4.69) is 9.97 Å². The average molecular weight is 252 g/mol. The molecule has 2 rings (SSSR count). The highest BCUT2D eigenvalue weighted by molar-refractivity contribution is 7.99. The maximum absolute atomic E-state index is 6.14. The molecule has 0 aliphatic carbocycles. The van der Waals surface area contributed by atoms with Crippen LogP contribution in [0, 0.1) is 0 Å². The van der Waals surface area contributed by atoms with E-state index < -0.39 is 0 Å². The number of nitrogens with zero attached hydrogens (tertiary/aromatic N) is 2. The lowest BCUT2D eigenvalue weighted by atomic mass is 10.2. The number of hydrogen-bond donors (Lipinski definition) is 1. The van der Waals surface area contributed by atoms with Gasteiger partial charge in [-0.3, -0.25) is 0 Å². The fourth-order valence-electron chi connectivity index (χ4n) is 1.21. The molecule has 16 heavy (non-hydrogen) atoms. The predicted octanol–water partition coefficient (Wildman–Crippen LogP) is 2.74. The molecule has 2 N–H and O–H groups in total. The van der Waals surface area contributed by atoms with Crippen molar-refractivity contribution in [3.63, 3.8) is 0 Å². The molecule has 0 fully saturated rings. The van der Waals surface area contributed by atoms with Gasteiger partial charge in [-0.2, -0.15) is 0 Å². The maximum Gasteiger partial charge on any atom is 0.116 e. The maximum atomic E-state index is 6.14. The van der Waals surface area contributed by atoms with Crippen LogP contribution in [0.4, 0.5) is 0 Å². The Hall–Kier alpha value is -1.10. The van der Waals surface area contributed by atoms with Gasteiger partial charge in [-0.1, -0.05) is 29.4 Å². The molecule has 5 heteroatoms. The summed E-state index contributed by atoms with van der Waals surface area (Å²) in [4.78, 5) is 8.96. The summed E-state index contributed by atoms with van der Waals surface area (Å²) in [7, 11) is 0. The topological polar surface area (TPSA) is 51.8 Å². The van der Waals surface area contributed by atoms with Crippen LogP contribution in [0.15, 0.2) is 46.7 Å². The van der Waals surface area contributed by atoms with Gasteiger partial charge in [0.2, 0.25) is 0 Å². The third-order valence-electron chi connectivity index (χ3n) is 2.00. The first-order valence-electron chi connectivity index (χ1n) is 4.72. The first-order valence-corrected chi connectivity index (χ1v) is 5.91. The lowest BCUT2D eigenvalue weighted by Crippen LogP contribution is -1.95. The van der Waals surface area contributed by atoms with Crippen molar-refractivity contribution in [2.24, 2.45) is 5.73 Å². The molecule has 0 saturated carbocycles. The van der Waals surface area contributed by atoms with Gasteiger partial charge in [-0.25, -0.2) is 9.97 Å². The quantitative estimate of drug-likeness (QED) is 0.853. The van der Waals surface area contributed by atoms with Crippen LogP contribution in [0.5, 0.6) is 0 Å². The number of rotatable bonds is 3. The molecule has 0 radical (unpaired) electrons. The van der Waals surface area contributed by atoms with E-state index in [1.54, 1.807) is 6.20 Å². The highest BCUT2D eigenvalue weighted by atomic mass is 35.5. The molecule has 0 aliphatic heterocycles. The first-order chi connectivity index (χ1) is 7.79. The summed E-state index contributed by atoms with van der Waals surface area (Å²) in [6, 6.07) is 7.65. The van der Waals surface area contributed by atoms with Gasteiger partial charge in [0.05, 0.1) is 5.02 Å². The van der Waals surface area contributed by atoms with Crippen molar-refractivity contribution >= 4 is 23.4 Å². The highest BCUT2D eigenvalue weighted by Gasteiger charge is 2.04. The van der Waals surface area contributed by atoms with E-state index in [-0.39, 0.29) is 0 Å². The highest BCUT2D eigenvalue weighted by Crippen LogP contribution is 2.32. The Morgan fingerprint density at radius 1 is 1.31 bits per heavy atom. The molecule has 0 saturated heterocycles. The van der Waals surface area contributed by atoms with Crippen LogP contribution < -0.4 is 5.73 Å². The summed E-state index contributed by atoms with van der Waals surface area (Å²) < 4.78 is 0. The number of hydrogen-bond acceptors (Lipinski definition) is 4. The largest absolute Gasteiger partial charge is 0.326 e. The Labute approximate surface area is 103 Å². The lowest BCUT2D eigenvalue weighted by molar-refractivity contribution is 1.04. The van der Waals surface area contributed by atoms with Crippen LogP contribution in [0.1, 0.15) is 5.56 Å². The lowest BCUT2D eigenvalue weighted by Gasteiger charge is -2.04. The van der Waals surface area contributed by atoms with E-state index in [9.17, 15) is 0 Å². The van der Waals surface area contributed by atoms with Crippen molar-refractivity contribution in [2.45, 2.75) is 16.5 Å². The van der Waals surface area contributed by atoms with Gasteiger partial charge in [-0.05, 0) is 23.8 Å². The molecule has 0 atom stereocenters. The summed E-state index contributed by atoms with van der Waals surface area (Å²) in [5.74, 6) is 0. The standard InChI is InChI=1S/C11H10ClN3S/c12-9-5-8(6-13)1-2-10(9)16-11-3-4-14-7-15-11/h1-5,7H,6,13H2. The van der Waals surface area contributed by atoms with Crippen LogP contribution in [0.3, 0.4) is 0 Å². The zero-order chi connectivity index (χ0) is 11.4. The first kappa shape index (κ1) is 11.4. The molecule has 82 valence electrons. The van der Waals surface area contributed by atoms with Crippen molar-refractivity contribution in [3.05, 3.63) is 47.4 Å². The fourth-order valence-corrected chi connectivity index (χ4v) is 2.27. The molecular weight excluding hydrogens is 242 g/mol. The van der Waals surface area contributed by atoms with Gasteiger partial charge in [-0.15, -0.1) is 0 Å². The minimum atomic E-state index is 0.498. The minimum Gasteiger partial charge on any atom is -0.326 e. The molecule has 1 heterocycles. The second-order valence-corrected chi connectivity index (χ2v) is 4.59. The number of nitrogens with two attached hydrogens (primary N) is 1. The Balaban J connectivity index is 2.22. The predicted molar refractivity (Wildman–Crippen MR) is 65.5 cm³/mol. The van der Waals surface area contributed by atoms with Crippen LogP contribution >= 0.6 is 23.4 Å². The van der Waals surface area contributed by atoms with Gasteiger partial charge in [0.1, 0.15) is 11.4 Å². The molecule has 1 aromatic carbocycles. The normalized spacial score (nSPS) is 10.4. The SMILES string of the molecule is NCc1ccc(Sc2ccncn2)c(Cl)c1.